The van der Waals surface area contributed by atoms with E-state index in [4.69, 9.17) is 0 Å². The normalized spacial score (nSPS) is 9.62. The maximum Gasteiger partial charge on any atom is 0.269 e. The Hall–Kier alpha value is -1.43. The van der Waals surface area contributed by atoms with Crippen LogP contribution < -0.4 is 10.6 Å². The Morgan fingerprint density at radius 1 is 1.31 bits per heavy atom. The van der Waals surface area contributed by atoms with Crippen molar-refractivity contribution in [2.24, 2.45) is 0 Å². The van der Waals surface area contributed by atoms with Gasteiger partial charge >= 0.3 is 0 Å². The second-order valence-corrected chi connectivity index (χ2v) is 4.02. The summed E-state index contributed by atoms with van der Waals surface area (Å²) in [5, 5.41) is 5.22. The minimum atomic E-state index is -0.252. The van der Waals surface area contributed by atoms with Crippen LogP contribution in [0.2, 0.25) is 0 Å². The van der Waals surface area contributed by atoms with Gasteiger partial charge in [-0.05, 0) is 28.1 Å². The zero-order chi connectivity index (χ0) is 12.0. The number of amides is 2. The van der Waals surface area contributed by atoms with Gasteiger partial charge in [-0.1, -0.05) is 0 Å². The van der Waals surface area contributed by atoms with Crippen molar-refractivity contribution in [3.05, 3.63) is 28.5 Å². The van der Waals surface area contributed by atoms with Gasteiger partial charge < -0.3 is 10.6 Å². The highest BCUT2D eigenvalue weighted by Gasteiger charge is 2.05. The summed E-state index contributed by atoms with van der Waals surface area (Å²) >= 11 is 3.23. The fourth-order valence-corrected chi connectivity index (χ4v) is 1.25. The van der Waals surface area contributed by atoms with Crippen molar-refractivity contribution >= 4 is 27.7 Å². The van der Waals surface area contributed by atoms with E-state index >= 15 is 0 Å². The van der Waals surface area contributed by atoms with Crippen molar-refractivity contribution in [1.82, 2.24) is 15.6 Å². The minimum absolute atomic E-state index is 0.115. The topological polar surface area (TPSA) is 71.1 Å². The molecule has 0 aliphatic carbocycles. The molecule has 0 radical (unpaired) electrons. The molecule has 2 amide bonds. The Labute approximate surface area is 102 Å². The second kappa shape index (κ2) is 6.22. The number of nitrogens with zero attached hydrogens (tertiary/aromatic N) is 1. The van der Waals surface area contributed by atoms with Crippen LogP contribution >= 0.6 is 15.9 Å². The Morgan fingerprint density at radius 3 is 2.56 bits per heavy atom. The van der Waals surface area contributed by atoms with Gasteiger partial charge in [-0.3, -0.25) is 9.59 Å². The van der Waals surface area contributed by atoms with Crippen LogP contribution in [0.3, 0.4) is 0 Å². The number of hydrogen-bond acceptors (Lipinski definition) is 3. The van der Waals surface area contributed by atoms with Gasteiger partial charge in [-0.2, -0.15) is 0 Å². The van der Waals surface area contributed by atoms with E-state index in [1.807, 2.05) is 0 Å². The number of halogens is 1. The molecule has 5 nitrogen and oxygen atoms in total. The molecule has 1 heterocycles. The summed E-state index contributed by atoms with van der Waals surface area (Å²) in [6.07, 6.45) is 1.56. The average Bonchev–Trinajstić information content (AvgIpc) is 2.25. The molecule has 1 rings (SSSR count). The summed E-state index contributed by atoms with van der Waals surface area (Å²) in [5.74, 6) is -0.367. The highest BCUT2D eigenvalue weighted by molar-refractivity contribution is 9.10. The molecule has 16 heavy (non-hydrogen) atoms. The number of carbonyl (C=O) groups is 2. The van der Waals surface area contributed by atoms with Crippen LogP contribution in [0, 0.1) is 0 Å². The average molecular weight is 286 g/mol. The summed E-state index contributed by atoms with van der Waals surface area (Å²) in [7, 11) is 0. The van der Waals surface area contributed by atoms with Crippen LogP contribution in [-0.4, -0.2) is 29.9 Å². The largest absolute Gasteiger partial charge is 0.355 e. The molecule has 0 fully saturated rings. The number of pyridine rings is 1. The lowest BCUT2D eigenvalue weighted by atomic mass is 10.3. The first kappa shape index (κ1) is 12.6. The van der Waals surface area contributed by atoms with Crippen molar-refractivity contribution in [2.75, 3.05) is 13.1 Å². The molecule has 0 aliphatic heterocycles. The summed E-state index contributed by atoms with van der Waals surface area (Å²) in [6, 6.07) is 3.37. The van der Waals surface area contributed by atoms with Crippen LogP contribution in [0.25, 0.3) is 0 Å². The van der Waals surface area contributed by atoms with Gasteiger partial charge in [0.1, 0.15) is 5.69 Å². The maximum absolute atomic E-state index is 11.5. The van der Waals surface area contributed by atoms with Gasteiger partial charge in [0.05, 0.1) is 0 Å². The van der Waals surface area contributed by atoms with E-state index in [1.165, 1.54) is 6.92 Å². The maximum atomic E-state index is 11.5. The smallest absolute Gasteiger partial charge is 0.269 e. The highest BCUT2D eigenvalue weighted by atomic mass is 79.9. The Bertz CT molecular complexity index is 378. The highest BCUT2D eigenvalue weighted by Crippen LogP contribution is 2.06. The number of rotatable bonds is 4. The monoisotopic (exact) mass is 285 g/mol. The fourth-order valence-electron chi connectivity index (χ4n) is 1.02. The molecule has 86 valence electrons. The molecule has 2 N–H and O–H groups in total. The third-order valence-electron chi connectivity index (χ3n) is 1.74. The van der Waals surface area contributed by atoms with Gasteiger partial charge in [-0.15, -0.1) is 0 Å². The zero-order valence-corrected chi connectivity index (χ0v) is 10.4. The first-order chi connectivity index (χ1) is 7.59. The van der Waals surface area contributed by atoms with Crippen molar-refractivity contribution in [2.45, 2.75) is 6.92 Å². The first-order valence-corrected chi connectivity index (χ1v) is 5.53. The number of carbonyl (C=O) groups excluding carboxylic acids is 2. The van der Waals surface area contributed by atoms with Crippen molar-refractivity contribution in [3.63, 3.8) is 0 Å². The van der Waals surface area contributed by atoms with E-state index < -0.39 is 0 Å². The molecular weight excluding hydrogens is 274 g/mol. The molecule has 0 atom stereocenters. The lowest BCUT2D eigenvalue weighted by Gasteiger charge is -2.04. The minimum Gasteiger partial charge on any atom is -0.355 e. The van der Waals surface area contributed by atoms with Crippen LogP contribution in [0.4, 0.5) is 0 Å². The van der Waals surface area contributed by atoms with Gasteiger partial charge in [-0.25, -0.2) is 4.98 Å². The standard InChI is InChI=1S/C10H12BrN3O2/c1-7(15)12-4-5-13-10(16)9-3-2-8(11)6-14-9/h2-3,6H,4-5H2,1H3,(H,12,15)(H,13,16). The van der Waals surface area contributed by atoms with Gasteiger partial charge in [0.15, 0.2) is 0 Å². The molecule has 0 saturated carbocycles. The molecule has 1 aromatic heterocycles. The summed E-state index contributed by atoms with van der Waals surface area (Å²) in [5.41, 5.74) is 0.353. The van der Waals surface area contributed by atoms with Gasteiger partial charge in [0.2, 0.25) is 5.91 Å². The Kier molecular flexibility index (Phi) is 4.91. The predicted molar refractivity (Wildman–Crippen MR) is 63.0 cm³/mol. The fraction of sp³-hybridized carbons (Fsp3) is 0.300. The Balaban J connectivity index is 2.35. The SMILES string of the molecule is CC(=O)NCCNC(=O)c1ccc(Br)cn1. The summed E-state index contributed by atoms with van der Waals surface area (Å²) < 4.78 is 0.822. The van der Waals surface area contributed by atoms with E-state index in [1.54, 1.807) is 18.3 Å². The lowest BCUT2D eigenvalue weighted by molar-refractivity contribution is -0.118. The molecule has 1 aromatic rings. The summed E-state index contributed by atoms with van der Waals surface area (Å²) in [6.45, 7) is 2.23. The second-order valence-electron chi connectivity index (χ2n) is 3.10. The van der Waals surface area contributed by atoms with Gasteiger partial charge in [0, 0.05) is 30.7 Å². The summed E-state index contributed by atoms with van der Waals surface area (Å²) in [4.78, 5) is 26.0. The van der Waals surface area contributed by atoms with Crippen molar-refractivity contribution in [3.8, 4) is 0 Å². The molecular formula is C10H12BrN3O2. The quantitative estimate of drug-likeness (QED) is 0.801. The molecule has 0 spiro atoms. The predicted octanol–water partition coefficient (Wildman–Crippen LogP) is 0.710. The van der Waals surface area contributed by atoms with E-state index in [0.717, 1.165) is 4.47 Å². The molecule has 0 unspecified atom stereocenters. The molecule has 0 bridgehead atoms. The van der Waals surface area contributed by atoms with E-state index in [-0.39, 0.29) is 11.8 Å². The third kappa shape index (κ3) is 4.39. The molecule has 6 heteroatoms. The molecule has 0 aromatic carbocycles. The van der Waals surface area contributed by atoms with E-state index in [0.29, 0.717) is 18.8 Å². The van der Waals surface area contributed by atoms with Crippen LogP contribution in [0.15, 0.2) is 22.8 Å². The van der Waals surface area contributed by atoms with Crippen molar-refractivity contribution < 1.29 is 9.59 Å². The van der Waals surface area contributed by atoms with E-state index in [9.17, 15) is 9.59 Å². The van der Waals surface area contributed by atoms with Crippen LogP contribution in [0.5, 0.6) is 0 Å². The Morgan fingerprint density at radius 2 is 2.00 bits per heavy atom. The van der Waals surface area contributed by atoms with Crippen LogP contribution in [0.1, 0.15) is 17.4 Å². The number of nitrogens with one attached hydrogen (secondary N) is 2. The first-order valence-electron chi connectivity index (χ1n) is 4.74. The van der Waals surface area contributed by atoms with E-state index in [2.05, 4.69) is 31.5 Å². The number of aromatic nitrogens is 1. The molecule has 0 aliphatic rings. The third-order valence-corrected chi connectivity index (χ3v) is 2.21. The van der Waals surface area contributed by atoms with Crippen LogP contribution in [-0.2, 0) is 4.79 Å². The zero-order valence-electron chi connectivity index (χ0n) is 8.79. The lowest BCUT2D eigenvalue weighted by Crippen LogP contribution is -2.33. The number of hydrogen-bond donors (Lipinski definition) is 2. The van der Waals surface area contributed by atoms with Crippen molar-refractivity contribution in [1.29, 1.82) is 0 Å². The van der Waals surface area contributed by atoms with Gasteiger partial charge in [0.25, 0.3) is 5.91 Å². The molecule has 0 saturated heterocycles.